The number of nitrogens with one attached hydrogen (secondary N) is 1. The maximum atomic E-state index is 13.7. The molecule has 1 aromatic carbocycles. The fourth-order valence-electron chi connectivity index (χ4n) is 2.10. The molecule has 0 amide bonds. The van der Waals surface area contributed by atoms with Crippen LogP contribution in [0.15, 0.2) is 41.6 Å². The van der Waals surface area contributed by atoms with Crippen LogP contribution in [0.25, 0.3) is 0 Å². The van der Waals surface area contributed by atoms with Crippen LogP contribution in [-0.2, 0) is 13.5 Å². The topological polar surface area (TPSA) is 29.9 Å². The average molecular weight is 307 g/mol. The maximum absolute atomic E-state index is 13.7. The van der Waals surface area contributed by atoms with E-state index in [0.717, 1.165) is 31.0 Å². The number of halogens is 1. The molecule has 2 rings (SSSR count). The summed E-state index contributed by atoms with van der Waals surface area (Å²) in [5.41, 5.74) is 0. The van der Waals surface area contributed by atoms with E-state index in [2.05, 4.69) is 17.2 Å². The van der Waals surface area contributed by atoms with E-state index in [1.807, 2.05) is 36.1 Å². The molecule has 0 aliphatic carbocycles. The normalized spacial score (nSPS) is 12.5. The third-order valence-corrected chi connectivity index (χ3v) is 4.52. The summed E-state index contributed by atoms with van der Waals surface area (Å²) in [5.74, 6) is 1.74. The minimum atomic E-state index is -0.145. The van der Waals surface area contributed by atoms with Crippen molar-refractivity contribution in [1.82, 2.24) is 14.9 Å². The average Bonchev–Trinajstić information content (AvgIpc) is 2.88. The number of hydrogen-bond acceptors (Lipinski definition) is 3. The first-order chi connectivity index (χ1) is 10.2. The highest BCUT2D eigenvalue weighted by atomic mass is 32.2. The molecule has 1 atom stereocenters. The van der Waals surface area contributed by atoms with Crippen molar-refractivity contribution in [1.29, 1.82) is 0 Å². The van der Waals surface area contributed by atoms with Crippen LogP contribution in [0.5, 0.6) is 0 Å². The van der Waals surface area contributed by atoms with E-state index >= 15 is 0 Å². The minimum absolute atomic E-state index is 0.145. The summed E-state index contributed by atoms with van der Waals surface area (Å²) in [6, 6.07) is 7.22. The molecule has 5 heteroatoms. The molecule has 1 N–H and O–H groups in total. The number of imidazole rings is 1. The van der Waals surface area contributed by atoms with Crippen molar-refractivity contribution in [3.05, 3.63) is 48.3 Å². The molecular formula is C16H22FN3S. The molecule has 0 bridgehead atoms. The molecule has 0 fully saturated rings. The first-order valence-corrected chi connectivity index (χ1v) is 8.26. The van der Waals surface area contributed by atoms with E-state index in [4.69, 9.17) is 0 Å². The van der Waals surface area contributed by atoms with Crippen molar-refractivity contribution in [3.63, 3.8) is 0 Å². The van der Waals surface area contributed by atoms with Gasteiger partial charge in [0.25, 0.3) is 0 Å². The van der Waals surface area contributed by atoms with Crippen molar-refractivity contribution in [3.8, 4) is 0 Å². The lowest BCUT2D eigenvalue weighted by Crippen LogP contribution is -2.34. The third-order valence-electron chi connectivity index (χ3n) is 3.31. The molecule has 0 aliphatic heterocycles. The first-order valence-electron chi connectivity index (χ1n) is 7.27. The first kappa shape index (κ1) is 16.0. The van der Waals surface area contributed by atoms with Crippen LogP contribution in [0.4, 0.5) is 4.39 Å². The zero-order chi connectivity index (χ0) is 15.1. The van der Waals surface area contributed by atoms with Crippen molar-refractivity contribution >= 4 is 11.8 Å². The second-order valence-corrected chi connectivity index (χ2v) is 6.11. The van der Waals surface area contributed by atoms with Gasteiger partial charge < -0.3 is 9.88 Å². The zero-order valence-corrected chi connectivity index (χ0v) is 13.4. The van der Waals surface area contributed by atoms with Crippen LogP contribution in [0, 0.1) is 5.82 Å². The summed E-state index contributed by atoms with van der Waals surface area (Å²) in [6.07, 6.45) is 5.71. The van der Waals surface area contributed by atoms with Crippen LogP contribution < -0.4 is 5.32 Å². The Hall–Kier alpha value is -1.33. The van der Waals surface area contributed by atoms with Gasteiger partial charge in [0.1, 0.15) is 11.6 Å². The number of benzene rings is 1. The van der Waals surface area contributed by atoms with Crippen molar-refractivity contribution in [2.45, 2.75) is 30.7 Å². The molecule has 0 saturated heterocycles. The molecule has 0 spiro atoms. The van der Waals surface area contributed by atoms with Crippen LogP contribution in [0.3, 0.4) is 0 Å². The van der Waals surface area contributed by atoms with Gasteiger partial charge in [-0.25, -0.2) is 9.37 Å². The van der Waals surface area contributed by atoms with Gasteiger partial charge in [0.2, 0.25) is 0 Å². The Balaban J connectivity index is 1.96. The quantitative estimate of drug-likeness (QED) is 0.759. The molecule has 21 heavy (non-hydrogen) atoms. The maximum Gasteiger partial charge on any atom is 0.136 e. The monoisotopic (exact) mass is 307 g/mol. The largest absolute Gasteiger partial charge is 0.338 e. The van der Waals surface area contributed by atoms with E-state index in [1.165, 1.54) is 6.07 Å². The molecule has 3 nitrogen and oxygen atoms in total. The predicted octanol–water partition coefficient (Wildman–Crippen LogP) is 3.26. The van der Waals surface area contributed by atoms with Crippen molar-refractivity contribution in [2.24, 2.45) is 7.05 Å². The summed E-state index contributed by atoms with van der Waals surface area (Å²) in [4.78, 5) is 5.08. The second-order valence-electron chi connectivity index (χ2n) is 5.05. The minimum Gasteiger partial charge on any atom is -0.338 e. The Kier molecular flexibility index (Phi) is 6.26. The highest BCUT2D eigenvalue weighted by Gasteiger charge is 2.13. The van der Waals surface area contributed by atoms with Gasteiger partial charge in [-0.3, -0.25) is 0 Å². The molecule has 114 valence electrons. The molecule has 0 radical (unpaired) electrons. The number of rotatable bonds is 8. The highest BCUT2D eigenvalue weighted by molar-refractivity contribution is 7.99. The molecule has 1 heterocycles. The molecule has 0 saturated carbocycles. The van der Waals surface area contributed by atoms with Gasteiger partial charge in [-0.1, -0.05) is 19.1 Å². The lowest BCUT2D eigenvalue weighted by atomic mass is 10.2. The smallest absolute Gasteiger partial charge is 0.136 e. The van der Waals surface area contributed by atoms with Gasteiger partial charge in [-0.05, 0) is 25.1 Å². The zero-order valence-electron chi connectivity index (χ0n) is 12.6. The summed E-state index contributed by atoms with van der Waals surface area (Å²) in [6.45, 7) is 3.11. The van der Waals surface area contributed by atoms with Crippen LogP contribution in [0.1, 0.15) is 19.2 Å². The fraction of sp³-hybridized carbons (Fsp3) is 0.438. The SMILES string of the molecule is CCCNC(CSc1ccccc1F)Cc1nccn1C. The molecule has 0 aliphatic rings. The summed E-state index contributed by atoms with van der Waals surface area (Å²) >= 11 is 1.56. The van der Waals surface area contributed by atoms with E-state index in [-0.39, 0.29) is 11.9 Å². The Labute approximate surface area is 130 Å². The van der Waals surface area contributed by atoms with E-state index in [9.17, 15) is 4.39 Å². The summed E-state index contributed by atoms with van der Waals surface area (Å²) < 4.78 is 15.7. The van der Waals surface area contributed by atoms with Gasteiger partial charge in [-0.2, -0.15) is 0 Å². The van der Waals surface area contributed by atoms with Gasteiger partial charge in [0.05, 0.1) is 0 Å². The van der Waals surface area contributed by atoms with Crippen molar-refractivity contribution in [2.75, 3.05) is 12.3 Å². The van der Waals surface area contributed by atoms with Gasteiger partial charge >= 0.3 is 0 Å². The molecule has 1 aromatic heterocycles. The van der Waals surface area contributed by atoms with Crippen molar-refractivity contribution < 1.29 is 4.39 Å². The molecular weight excluding hydrogens is 285 g/mol. The van der Waals surface area contributed by atoms with Crippen LogP contribution in [0.2, 0.25) is 0 Å². The van der Waals surface area contributed by atoms with E-state index in [0.29, 0.717) is 4.90 Å². The number of aryl methyl sites for hydroxylation is 1. The lowest BCUT2D eigenvalue weighted by Gasteiger charge is -2.18. The van der Waals surface area contributed by atoms with E-state index < -0.39 is 0 Å². The fourth-order valence-corrected chi connectivity index (χ4v) is 3.10. The number of aromatic nitrogens is 2. The number of nitrogens with zero attached hydrogens (tertiary/aromatic N) is 2. The molecule has 2 aromatic rings. The molecule has 1 unspecified atom stereocenters. The predicted molar refractivity (Wildman–Crippen MR) is 86.1 cm³/mol. The van der Waals surface area contributed by atoms with Gasteiger partial charge in [0, 0.05) is 42.6 Å². The van der Waals surface area contributed by atoms with E-state index in [1.54, 1.807) is 17.8 Å². The number of thioether (sulfide) groups is 1. The Bertz CT molecular complexity index is 556. The lowest BCUT2D eigenvalue weighted by molar-refractivity contribution is 0.531. The Morgan fingerprint density at radius 1 is 1.38 bits per heavy atom. The highest BCUT2D eigenvalue weighted by Crippen LogP contribution is 2.22. The summed E-state index contributed by atoms with van der Waals surface area (Å²) in [7, 11) is 2.00. The Morgan fingerprint density at radius 3 is 2.86 bits per heavy atom. The van der Waals surface area contributed by atoms with Gasteiger partial charge in [-0.15, -0.1) is 11.8 Å². The number of hydrogen-bond donors (Lipinski definition) is 1. The Morgan fingerprint density at radius 2 is 2.19 bits per heavy atom. The standard InChI is InChI=1S/C16H22FN3S/c1-3-8-18-13(11-16-19-9-10-20(16)2)12-21-15-7-5-4-6-14(15)17/h4-7,9-10,13,18H,3,8,11-12H2,1-2H3. The van der Waals surface area contributed by atoms with Gasteiger partial charge in [0.15, 0.2) is 0 Å². The van der Waals surface area contributed by atoms with Crippen LogP contribution >= 0.6 is 11.8 Å². The van der Waals surface area contributed by atoms with Crippen LogP contribution in [-0.4, -0.2) is 27.9 Å². The third kappa shape index (κ3) is 4.86. The second kappa shape index (κ2) is 8.20. The summed E-state index contributed by atoms with van der Waals surface area (Å²) in [5, 5.41) is 3.53.